The monoisotopic (exact) mass is 439 g/mol. The molecule has 1 fully saturated rings. The molecule has 2 aliphatic heterocycles. The third kappa shape index (κ3) is 3.51. The Balaban J connectivity index is 1.47. The van der Waals surface area contributed by atoms with Gasteiger partial charge >= 0.3 is 0 Å². The lowest BCUT2D eigenvalue weighted by Crippen LogP contribution is -2.51. The first kappa shape index (κ1) is 20.1. The molecule has 162 valence electrons. The van der Waals surface area contributed by atoms with E-state index in [9.17, 15) is 9.90 Å². The van der Waals surface area contributed by atoms with E-state index in [1.165, 1.54) is 11.8 Å². The molecule has 0 bridgehead atoms. The molecule has 8 nitrogen and oxygen atoms in total. The van der Waals surface area contributed by atoms with Gasteiger partial charge in [0, 0.05) is 41.9 Å². The van der Waals surface area contributed by atoms with Crippen LogP contribution in [0.2, 0.25) is 0 Å². The summed E-state index contributed by atoms with van der Waals surface area (Å²) in [4.78, 5) is 24.3. The Morgan fingerprint density at radius 2 is 2.10 bits per heavy atom. The Morgan fingerprint density at radius 3 is 2.84 bits per heavy atom. The summed E-state index contributed by atoms with van der Waals surface area (Å²) >= 11 is 1.65. The van der Waals surface area contributed by atoms with E-state index in [1.54, 1.807) is 22.6 Å². The van der Waals surface area contributed by atoms with Crippen LogP contribution in [-0.2, 0) is 11.2 Å². The normalized spacial score (nSPS) is 16.9. The third-order valence-corrected chi connectivity index (χ3v) is 6.93. The third-order valence-electron chi connectivity index (χ3n) is 5.82. The number of aromatic nitrogens is 4. The van der Waals surface area contributed by atoms with E-state index in [4.69, 9.17) is 9.72 Å². The zero-order valence-electron chi connectivity index (χ0n) is 17.8. The van der Waals surface area contributed by atoms with Crippen LogP contribution in [0.4, 0.5) is 0 Å². The van der Waals surface area contributed by atoms with Gasteiger partial charge < -0.3 is 14.7 Å². The van der Waals surface area contributed by atoms with E-state index >= 15 is 0 Å². The fourth-order valence-electron chi connectivity index (χ4n) is 4.11. The van der Waals surface area contributed by atoms with E-state index in [2.05, 4.69) is 36.1 Å². The average molecular weight is 440 g/mol. The molecule has 2 aliphatic rings. The van der Waals surface area contributed by atoms with Crippen molar-refractivity contribution < 1.29 is 14.6 Å². The van der Waals surface area contributed by atoms with Crippen LogP contribution in [0.25, 0.3) is 22.1 Å². The van der Waals surface area contributed by atoms with Crippen molar-refractivity contribution in [1.82, 2.24) is 24.6 Å². The summed E-state index contributed by atoms with van der Waals surface area (Å²) in [6.07, 6.45) is 1.42. The maximum absolute atomic E-state index is 12.0. The molecule has 3 aromatic rings. The SMILES string of the molecule is CC(C)n1ncnc1-c1nc2c(s1)CCOc1ccc(C3CN(C(=O)[C@@H](C)O)C3)cc1-2. The van der Waals surface area contributed by atoms with Gasteiger partial charge in [0.2, 0.25) is 0 Å². The van der Waals surface area contributed by atoms with E-state index in [1.807, 2.05) is 10.7 Å². The minimum atomic E-state index is -0.953. The van der Waals surface area contributed by atoms with Crippen molar-refractivity contribution in [3.8, 4) is 27.8 Å². The molecule has 1 amide bonds. The second-order valence-electron chi connectivity index (χ2n) is 8.38. The number of likely N-dealkylation sites (tertiary alicyclic amines) is 1. The first-order valence-electron chi connectivity index (χ1n) is 10.6. The molecule has 1 N–H and O–H groups in total. The number of aliphatic hydroxyl groups excluding tert-OH is 1. The maximum atomic E-state index is 12.0. The van der Waals surface area contributed by atoms with Gasteiger partial charge in [-0.05, 0) is 38.5 Å². The zero-order valence-corrected chi connectivity index (χ0v) is 18.6. The highest BCUT2D eigenvalue weighted by Crippen LogP contribution is 2.42. The highest BCUT2D eigenvalue weighted by molar-refractivity contribution is 7.15. The number of amides is 1. The molecule has 9 heteroatoms. The summed E-state index contributed by atoms with van der Waals surface area (Å²) in [7, 11) is 0. The van der Waals surface area contributed by atoms with Gasteiger partial charge in [0.25, 0.3) is 5.91 Å². The van der Waals surface area contributed by atoms with Crippen LogP contribution in [0.5, 0.6) is 5.75 Å². The topological polar surface area (TPSA) is 93.4 Å². The number of benzene rings is 1. The number of thiazole rings is 1. The van der Waals surface area contributed by atoms with Gasteiger partial charge in [-0.15, -0.1) is 11.3 Å². The number of aliphatic hydroxyl groups is 1. The van der Waals surface area contributed by atoms with Gasteiger partial charge in [0.1, 0.15) is 18.2 Å². The van der Waals surface area contributed by atoms with Crippen molar-refractivity contribution >= 4 is 17.2 Å². The molecule has 1 saturated heterocycles. The number of rotatable bonds is 4. The van der Waals surface area contributed by atoms with Crippen LogP contribution >= 0.6 is 11.3 Å². The highest BCUT2D eigenvalue weighted by atomic mass is 32.1. The Hall–Kier alpha value is -2.78. The summed E-state index contributed by atoms with van der Waals surface area (Å²) in [6, 6.07) is 6.43. The number of hydrogen-bond acceptors (Lipinski definition) is 7. The van der Waals surface area contributed by atoms with Crippen LogP contribution in [0.3, 0.4) is 0 Å². The molecule has 0 unspecified atom stereocenters. The Labute approximate surface area is 184 Å². The second-order valence-corrected chi connectivity index (χ2v) is 9.47. The van der Waals surface area contributed by atoms with Crippen LogP contribution < -0.4 is 4.74 Å². The van der Waals surface area contributed by atoms with Crippen molar-refractivity contribution in [3.63, 3.8) is 0 Å². The Kier molecular flexibility index (Phi) is 5.02. The summed E-state index contributed by atoms with van der Waals surface area (Å²) in [6.45, 7) is 7.52. The quantitative estimate of drug-likeness (QED) is 0.672. The number of hydrogen-bond donors (Lipinski definition) is 1. The lowest BCUT2D eigenvalue weighted by molar-refractivity contribution is -0.143. The maximum Gasteiger partial charge on any atom is 0.251 e. The zero-order chi connectivity index (χ0) is 21.7. The predicted octanol–water partition coefficient (Wildman–Crippen LogP) is 2.89. The van der Waals surface area contributed by atoms with Crippen molar-refractivity contribution in [2.75, 3.05) is 19.7 Å². The number of ether oxygens (including phenoxy) is 1. The smallest absolute Gasteiger partial charge is 0.251 e. The Bertz CT molecular complexity index is 1130. The fraction of sp³-hybridized carbons (Fsp3) is 0.455. The van der Waals surface area contributed by atoms with Crippen LogP contribution in [0.1, 0.15) is 43.2 Å². The second kappa shape index (κ2) is 7.72. The molecule has 4 heterocycles. The summed E-state index contributed by atoms with van der Waals surface area (Å²) in [5.74, 6) is 1.66. The standard InChI is InChI=1S/C22H25N5O3S/c1-12(2)27-20(23-11-24-27)21-25-19-16-8-14(15-9-26(10-15)22(29)13(3)28)4-5-17(16)30-7-6-18(19)31-21/h4-5,8,11-13,15,28H,6-7,9-10H2,1-3H3/t13-/m1/s1. The predicted molar refractivity (Wildman–Crippen MR) is 117 cm³/mol. The van der Waals surface area contributed by atoms with Gasteiger partial charge in [-0.25, -0.2) is 14.6 Å². The molecular weight excluding hydrogens is 414 g/mol. The first-order valence-corrected chi connectivity index (χ1v) is 11.4. The number of carbonyl (C=O) groups is 1. The summed E-state index contributed by atoms with van der Waals surface area (Å²) < 4.78 is 7.89. The lowest BCUT2D eigenvalue weighted by atomic mass is 9.89. The van der Waals surface area contributed by atoms with Crippen molar-refractivity contribution in [2.24, 2.45) is 0 Å². The Morgan fingerprint density at radius 1 is 1.29 bits per heavy atom. The molecule has 0 aliphatic carbocycles. The van der Waals surface area contributed by atoms with Crippen LogP contribution in [0, 0.1) is 0 Å². The van der Waals surface area contributed by atoms with Crippen molar-refractivity contribution in [2.45, 2.75) is 45.3 Å². The highest BCUT2D eigenvalue weighted by Gasteiger charge is 2.34. The minimum absolute atomic E-state index is 0.203. The van der Waals surface area contributed by atoms with Gasteiger partial charge in [-0.3, -0.25) is 4.79 Å². The molecule has 31 heavy (non-hydrogen) atoms. The average Bonchev–Trinajstić information content (AvgIpc) is 3.31. The molecule has 1 atom stereocenters. The molecule has 5 rings (SSSR count). The molecule has 0 spiro atoms. The summed E-state index contributed by atoms with van der Waals surface area (Å²) in [5, 5.41) is 14.7. The summed E-state index contributed by atoms with van der Waals surface area (Å²) in [5.41, 5.74) is 3.09. The van der Waals surface area contributed by atoms with Crippen molar-refractivity contribution in [1.29, 1.82) is 0 Å². The number of fused-ring (bicyclic) bond motifs is 3. The number of nitrogens with zero attached hydrogens (tertiary/aromatic N) is 5. The van der Waals surface area contributed by atoms with E-state index in [0.717, 1.165) is 39.8 Å². The van der Waals surface area contributed by atoms with Crippen molar-refractivity contribution in [3.05, 3.63) is 35.0 Å². The van der Waals surface area contributed by atoms with Crippen LogP contribution in [0.15, 0.2) is 24.5 Å². The first-order chi connectivity index (χ1) is 14.9. The fourth-order valence-corrected chi connectivity index (χ4v) is 5.15. The van der Waals surface area contributed by atoms with E-state index in [-0.39, 0.29) is 17.9 Å². The van der Waals surface area contributed by atoms with Gasteiger partial charge in [0.05, 0.1) is 12.3 Å². The largest absolute Gasteiger partial charge is 0.493 e. The lowest BCUT2D eigenvalue weighted by Gasteiger charge is -2.40. The van der Waals surface area contributed by atoms with Crippen LogP contribution in [-0.4, -0.2) is 61.5 Å². The molecular formula is C22H25N5O3S. The van der Waals surface area contributed by atoms with E-state index < -0.39 is 6.10 Å². The minimum Gasteiger partial charge on any atom is -0.493 e. The molecule has 1 aromatic carbocycles. The molecule has 0 saturated carbocycles. The van der Waals surface area contributed by atoms with Gasteiger partial charge in [-0.2, -0.15) is 5.10 Å². The van der Waals surface area contributed by atoms with Gasteiger partial charge in [-0.1, -0.05) is 6.07 Å². The van der Waals surface area contributed by atoms with E-state index in [0.29, 0.717) is 19.7 Å². The molecule has 2 aromatic heterocycles. The molecule has 0 radical (unpaired) electrons. The number of carbonyl (C=O) groups excluding carboxylic acids is 1. The van der Waals surface area contributed by atoms with Gasteiger partial charge in [0.15, 0.2) is 10.8 Å².